The van der Waals surface area contributed by atoms with E-state index < -0.39 is 0 Å². The molecule has 3 aromatic heterocycles. The number of amides is 1. The van der Waals surface area contributed by atoms with Crippen LogP contribution in [0, 0.1) is 13.8 Å². The molecule has 0 aliphatic heterocycles. The second kappa shape index (κ2) is 7.75. The highest BCUT2D eigenvalue weighted by molar-refractivity contribution is 9.10. The lowest BCUT2D eigenvalue weighted by molar-refractivity contribution is 0.0944. The van der Waals surface area contributed by atoms with Gasteiger partial charge >= 0.3 is 0 Å². The second-order valence-electron chi connectivity index (χ2n) is 5.83. The SMILES string of the molecule is CCn1cc(Br)c(CNC(=O)c2ccn(Cn3nc(C)c(Br)c3C)n2)n1. The van der Waals surface area contributed by atoms with Crippen molar-refractivity contribution < 1.29 is 4.79 Å². The van der Waals surface area contributed by atoms with Gasteiger partial charge < -0.3 is 5.32 Å². The molecule has 0 saturated heterocycles. The van der Waals surface area contributed by atoms with Crippen molar-refractivity contribution in [2.45, 2.75) is 40.5 Å². The van der Waals surface area contributed by atoms with Crippen LogP contribution in [0.3, 0.4) is 0 Å². The van der Waals surface area contributed by atoms with E-state index >= 15 is 0 Å². The molecule has 0 spiro atoms. The maximum absolute atomic E-state index is 12.3. The van der Waals surface area contributed by atoms with Crippen LogP contribution in [0.15, 0.2) is 27.4 Å². The van der Waals surface area contributed by atoms with Gasteiger partial charge in [-0.25, -0.2) is 4.68 Å². The number of nitrogens with zero attached hydrogens (tertiary/aromatic N) is 6. The molecule has 0 unspecified atom stereocenters. The molecule has 0 aliphatic carbocycles. The lowest BCUT2D eigenvalue weighted by Crippen LogP contribution is -2.24. The largest absolute Gasteiger partial charge is 0.345 e. The molecule has 0 aromatic carbocycles. The summed E-state index contributed by atoms with van der Waals surface area (Å²) in [6, 6.07) is 1.69. The van der Waals surface area contributed by atoms with Gasteiger partial charge in [-0.15, -0.1) is 0 Å². The van der Waals surface area contributed by atoms with E-state index in [1.165, 1.54) is 0 Å². The number of aromatic nitrogens is 6. The highest BCUT2D eigenvalue weighted by atomic mass is 79.9. The Morgan fingerprint density at radius 2 is 1.96 bits per heavy atom. The van der Waals surface area contributed by atoms with Crippen molar-refractivity contribution in [1.82, 2.24) is 34.7 Å². The van der Waals surface area contributed by atoms with E-state index in [-0.39, 0.29) is 5.91 Å². The third-order valence-electron chi connectivity index (χ3n) is 3.97. The molecule has 3 rings (SSSR count). The predicted molar refractivity (Wildman–Crippen MR) is 104 cm³/mol. The van der Waals surface area contributed by atoms with Crippen LogP contribution in [0.1, 0.15) is 34.5 Å². The van der Waals surface area contributed by atoms with Crippen LogP contribution in [0.5, 0.6) is 0 Å². The van der Waals surface area contributed by atoms with Crippen LogP contribution in [0.25, 0.3) is 0 Å². The molecule has 8 nitrogen and oxygen atoms in total. The number of halogens is 2. The highest BCUT2D eigenvalue weighted by Crippen LogP contribution is 2.19. The Balaban J connectivity index is 1.64. The number of hydrogen-bond acceptors (Lipinski definition) is 4. The summed E-state index contributed by atoms with van der Waals surface area (Å²) < 4.78 is 7.19. The minimum atomic E-state index is -0.240. The first-order chi connectivity index (χ1) is 12.4. The van der Waals surface area contributed by atoms with Crippen LogP contribution >= 0.6 is 31.9 Å². The Morgan fingerprint density at radius 3 is 2.58 bits per heavy atom. The van der Waals surface area contributed by atoms with Crippen LogP contribution in [-0.2, 0) is 19.8 Å². The molecule has 0 atom stereocenters. The molecule has 0 radical (unpaired) electrons. The summed E-state index contributed by atoms with van der Waals surface area (Å²) in [4.78, 5) is 12.3. The Bertz CT molecular complexity index is 941. The van der Waals surface area contributed by atoms with E-state index in [0.29, 0.717) is 18.9 Å². The zero-order valence-electron chi connectivity index (χ0n) is 14.7. The molecule has 0 bridgehead atoms. The summed E-state index contributed by atoms with van der Waals surface area (Å²) >= 11 is 6.96. The van der Waals surface area contributed by atoms with Gasteiger partial charge in [-0.2, -0.15) is 15.3 Å². The summed E-state index contributed by atoms with van der Waals surface area (Å²) in [5, 5.41) is 16.0. The highest BCUT2D eigenvalue weighted by Gasteiger charge is 2.13. The van der Waals surface area contributed by atoms with Crippen molar-refractivity contribution in [3.63, 3.8) is 0 Å². The first kappa shape index (κ1) is 18.8. The van der Waals surface area contributed by atoms with Crippen molar-refractivity contribution in [3.8, 4) is 0 Å². The third-order valence-corrected chi connectivity index (χ3v) is 5.78. The maximum atomic E-state index is 12.3. The molecule has 3 aromatic rings. The minimum Gasteiger partial charge on any atom is -0.345 e. The molecule has 10 heteroatoms. The second-order valence-corrected chi connectivity index (χ2v) is 7.48. The van der Waals surface area contributed by atoms with Crippen molar-refractivity contribution in [2.24, 2.45) is 0 Å². The van der Waals surface area contributed by atoms with Gasteiger partial charge in [0.05, 0.1) is 32.6 Å². The molecular weight excluding hydrogens is 466 g/mol. The average molecular weight is 485 g/mol. The van der Waals surface area contributed by atoms with E-state index in [1.807, 2.05) is 36.3 Å². The first-order valence-electron chi connectivity index (χ1n) is 8.12. The molecular formula is C16H19Br2N7O. The predicted octanol–water partition coefficient (Wildman–Crippen LogP) is 2.87. The van der Waals surface area contributed by atoms with Gasteiger partial charge in [0.15, 0.2) is 0 Å². The van der Waals surface area contributed by atoms with E-state index in [4.69, 9.17) is 0 Å². The number of rotatable bonds is 6. The molecule has 26 heavy (non-hydrogen) atoms. The number of nitrogens with one attached hydrogen (secondary N) is 1. The topological polar surface area (TPSA) is 82.6 Å². The van der Waals surface area contributed by atoms with E-state index in [9.17, 15) is 4.79 Å². The van der Waals surface area contributed by atoms with Gasteiger partial charge in [-0.05, 0) is 58.7 Å². The van der Waals surface area contributed by atoms with E-state index in [1.54, 1.807) is 16.9 Å². The number of carbonyl (C=O) groups excluding carboxylic acids is 1. The molecule has 138 valence electrons. The van der Waals surface area contributed by atoms with Gasteiger partial charge in [0.1, 0.15) is 12.4 Å². The monoisotopic (exact) mass is 483 g/mol. The third kappa shape index (κ3) is 3.90. The smallest absolute Gasteiger partial charge is 0.272 e. The van der Waals surface area contributed by atoms with E-state index in [0.717, 1.165) is 32.6 Å². The number of aryl methyl sites for hydroxylation is 2. The Kier molecular flexibility index (Phi) is 5.61. The van der Waals surface area contributed by atoms with Crippen LogP contribution in [0.2, 0.25) is 0 Å². The fourth-order valence-electron chi connectivity index (χ4n) is 2.48. The molecule has 0 aliphatic rings. The summed E-state index contributed by atoms with van der Waals surface area (Å²) in [6.45, 7) is 7.49. The van der Waals surface area contributed by atoms with Gasteiger partial charge in [0.25, 0.3) is 5.91 Å². The lowest BCUT2D eigenvalue weighted by atomic mass is 10.4. The van der Waals surface area contributed by atoms with Gasteiger partial charge in [0, 0.05) is 18.9 Å². The van der Waals surface area contributed by atoms with Crippen LogP contribution < -0.4 is 5.32 Å². The van der Waals surface area contributed by atoms with Crippen molar-refractivity contribution in [2.75, 3.05) is 0 Å². The van der Waals surface area contributed by atoms with E-state index in [2.05, 4.69) is 52.5 Å². The van der Waals surface area contributed by atoms with Crippen molar-refractivity contribution in [1.29, 1.82) is 0 Å². The van der Waals surface area contributed by atoms with Crippen LogP contribution in [-0.4, -0.2) is 35.2 Å². The number of hydrogen-bond donors (Lipinski definition) is 1. The standard InChI is InChI=1S/C16H19Br2N7O/c1-4-23-8-12(17)14(22-23)7-19-16(26)13-5-6-24(21-13)9-25-11(3)15(18)10(2)20-25/h5-6,8H,4,7,9H2,1-3H3,(H,19,26). The zero-order valence-corrected chi connectivity index (χ0v) is 17.9. The quantitative estimate of drug-likeness (QED) is 0.583. The number of carbonyl (C=O) groups is 1. The molecule has 1 N–H and O–H groups in total. The Morgan fingerprint density at radius 1 is 1.19 bits per heavy atom. The molecule has 0 fully saturated rings. The maximum Gasteiger partial charge on any atom is 0.272 e. The van der Waals surface area contributed by atoms with Crippen molar-refractivity contribution in [3.05, 3.63) is 50.2 Å². The Hall–Kier alpha value is -1.94. The first-order valence-corrected chi connectivity index (χ1v) is 9.70. The van der Waals surface area contributed by atoms with Gasteiger partial charge in [-0.3, -0.25) is 14.2 Å². The molecule has 3 heterocycles. The van der Waals surface area contributed by atoms with Crippen LogP contribution in [0.4, 0.5) is 0 Å². The molecule has 0 saturated carbocycles. The van der Waals surface area contributed by atoms with Gasteiger partial charge in [-0.1, -0.05) is 0 Å². The summed E-state index contributed by atoms with van der Waals surface area (Å²) in [5.41, 5.74) is 3.08. The van der Waals surface area contributed by atoms with Gasteiger partial charge in [0.2, 0.25) is 0 Å². The summed E-state index contributed by atoms with van der Waals surface area (Å²) in [5.74, 6) is -0.240. The minimum absolute atomic E-state index is 0.240. The normalized spacial score (nSPS) is 11.1. The molecule has 1 amide bonds. The summed E-state index contributed by atoms with van der Waals surface area (Å²) in [7, 11) is 0. The fraction of sp³-hybridized carbons (Fsp3) is 0.375. The average Bonchev–Trinajstić information content (AvgIpc) is 3.29. The zero-order chi connectivity index (χ0) is 18.8. The summed E-state index contributed by atoms with van der Waals surface area (Å²) in [6.07, 6.45) is 3.66. The van der Waals surface area contributed by atoms with Crippen molar-refractivity contribution >= 4 is 37.8 Å². The fourth-order valence-corrected chi connectivity index (χ4v) is 3.22. The Labute approximate surface area is 167 Å². The lowest BCUT2D eigenvalue weighted by Gasteiger charge is -2.05.